The van der Waals surface area contributed by atoms with Crippen molar-refractivity contribution in [3.8, 4) is 5.75 Å². The molecule has 100 valence electrons. The highest BCUT2D eigenvalue weighted by Crippen LogP contribution is 2.26. The van der Waals surface area contributed by atoms with E-state index in [0.717, 1.165) is 6.42 Å². The fraction of sp³-hybridized carbons (Fsp3) is 0.500. The SMILES string of the molecule is COc1ccc(S(=O)(=O)N2CCC[C@@H]2CO)cc1. The lowest BCUT2D eigenvalue weighted by Crippen LogP contribution is -2.37. The molecule has 0 aromatic heterocycles. The minimum absolute atomic E-state index is 0.130. The van der Waals surface area contributed by atoms with Crippen molar-refractivity contribution in [1.29, 1.82) is 0 Å². The molecule has 1 atom stereocenters. The normalized spacial score (nSPS) is 21.1. The number of sulfonamides is 1. The quantitative estimate of drug-likeness (QED) is 0.881. The summed E-state index contributed by atoms with van der Waals surface area (Å²) < 4.78 is 31.1. The van der Waals surface area contributed by atoms with E-state index in [-0.39, 0.29) is 17.5 Å². The molecule has 0 radical (unpaired) electrons. The molecule has 5 nitrogen and oxygen atoms in total. The topological polar surface area (TPSA) is 66.8 Å². The maximum Gasteiger partial charge on any atom is 0.243 e. The zero-order chi connectivity index (χ0) is 13.2. The van der Waals surface area contributed by atoms with Crippen molar-refractivity contribution >= 4 is 10.0 Å². The number of benzene rings is 1. The molecule has 1 aromatic carbocycles. The first-order valence-corrected chi connectivity index (χ1v) is 7.30. The van der Waals surface area contributed by atoms with Gasteiger partial charge in [0.25, 0.3) is 0 Å². The van der Waals surface area contributed by atoms with E-state index in [1.54, 1.807) is 12.1 Å². The van der Waals surface area contributed by atoms with Gasteiger partial charge in [-0.15, -0.1) is 0 Å². The third-order valence-electron chi connectivity index (χ3n) is 3.20. The van der Waals surface area contributed by atoms with E-state index in [0.29, 0.717) is 18.7 Å². The molecule has 18 heavy (non-hydrogen) atoms. The van der Waals surface area contributed by atoms with Gasteiger partial charge < -0.3 is 9.84 Å². The first-order valence-electron chi connectivity index (χ1n) is 5.86. The Kier molecular flexibility index (Phi) is 3.89. The zero-order valence-corrected chi connectivity index (χ0v) is 11.1. The largest absolute Gasteiger partial charge is 0.497 e. The molecule has 6 heteroatoms. The lowest BCUT2D eigenvalue weighted by atomic mass is 10.2. The molecule has 0 saturated carbocycles. The van der Waals surface area contributed by atoms with E-state index < -0.39 is 10.0 Å². The van der Waals surface area contributed by atoms with Crippen LogP contribution in [0, 0.1) is 0 Å². The van der Waals surface area contributed by atoms with Gasteiger partial charge in [-0.3, -0.25) is 0 Å². The molecule has 1 saturated heterocycles. The number of rotatable bonds is 4. The molecule has 0 spiro atoms. The molecule has 0 unspecified atom stereocenters. The minimum Gasteiger partial charge on any atom is -0.497 e. The Hall–Kier alpha value is -1.11. The van der Waals surface area contributed by atoms with Crippen LogP contribution < -0.4 is 4.74 Å². The molecule has 1 aliphatic rings. The summed E-state index contributed by atoms with van der Waals surface area (Å²) in [4.78, 5) is 0.239. The van der Waals surface area contributed by atoms with Gasteiger partial charge in [-0.25, -0.2) is 8.42 Å². The summed E-state index contributed by atoms with van der Waals surface area (Å²) in [7, 11) is -1.97. The summed E-state index contributed by atoms with van der Waals surface area (Å²) >= 11 is 0. The fourth-order valence-electron chi connectivity index (χ4n) is 2.19. The van der Waals surface area contributed by atoms with Crippen LogP contribution in [0.25, 0.3) is 0 Å². The molecule has 1 fully saturated rings. The molecule has 1 aliphatic heterocycles. The van der Waals surface area contributed by atoms with Crippen LogP contribution >= 0.6 is 0 Å². The zero-order valence-electron chi connectivity index (χ0n) is 10.2. The van der Waals surface area contributed by atoms with Crippen molar-refractivity contribution in [2.45, 2.75) is 23.8 Å². The second-order valence-corrected chi connectivity index (χ2v) is 6.16. The Labute approximate surface area is 107 Å². The molecule has 1 heterocycles. The van der Waals surface area contributed by atoms with Gasteiger partial charge in [-0.05, 0) is 37.1 Å². The van der Waals surface area contributed by atoms with Crippen molar-refractivity contribution in [2.75, 3.05) is 20.3 Å². The van der Waals surface area contributed by atoms with Crippen LogP contribution in [0.4, 0.5) is 0 Å². The standard InChI is InChI=1S/C12H17NO4S/c1-17-11-4-6-12(7-5-11)18(15,16)13-8-2-3-10(13)9-14/h4-7,10,14H,2-3,8-9H2,1H3/t10-/m1/s1. The Morgan fingerprint density at radius 3 is 2.61 bits per heavy atom. The lowest BCUT2D eigenvalue weighted by Gasteiger charge is -2.22. The van der Waals surface area contributed by atoms with Crippen LogP contribution in [-0.2, 0) is 10.0 Å². The number of methoxy groups -OCH3 is 1. The van der Waals surface area contributed by atoms with Gasteiger partial charge in [-0.2, -0.15) is 4.31 Å². The number of ether oxygens (including phenoxy) is 1. The van der Waals surface area contributed by atoms with Crippen molar-refractivity contribution < 1.29 is 18.3 Å². The summed E-state index contributed by atoms with van der Waals surface area (Å²) in [5, 5.41) is 9.20. The predicted octanol–water partition coefficient (Wildman–Crippen LogP) is 0.841. The highest BCUT2D eigenvalue weighted by Gasteiger charge is 2.34. The highest BCUT2D eigenvalue weighted by molar-refractivity contribution is 7.89. The number of aliphatic hydroxyl groups is 1. The fourth-order valence-corrected chi connectivity index (χ4v) is 3.88. The Morgan fingerprint density at radius 1 is 1.39 bits per heavy atom. The Morgan fingerprint density at radius 2 is 2.06 bits per heavy atom. The summed E-state index contributed by atoms with van der Waals surface area (Å²) in [5.74, 6) is 0.620. The Bertz CT molecular complexity index is 497. The Balaban J connectivity index is 2.29. The number of hydrogen-bond donors (Lipinski definition) is 1. The summed E-state index contributed by atoms with van der Waals surface area (Å²) in [6.45, 7) is 0.342. The number of nitrogens with zero attached hydrogens (tertiary/aromatic N) is 1. The smallest absolute Gasteiger partial charge is 0.243 e. The van der Waals surface area contributed by atoms with Crippen LogP contribution in [0.3, 0.4) is 0 Å². The number of hydrogen-bond acceptors (Lipinski definition) is 4. The van der Waals surface area contributed by atoms with E-state index in [1.165, 1.54) is 23.5 Å². The van der Waals surface area contributed by atoms with Gasteiger partial charge in [0, 0.05) is 12.6 Å². The van der Waals surface area contributed by atoms with E-state index in [4.69, 9.17) is 4.74 Å². The van der Waals surface area contributed by atoms with E-state index in [2.05, 4.69) is 0 Å². The predicted molar refractivity (Wildman–Crippen MR) is 67.0 cm³/mol. The lowest BCUT2D eigenvalue weighted by molar-refractivity contribution is 0.213. The van der Waals surface area contributed by atoms with Crippen LogP contribution in [0.5, 0.6) is 5.75 Å². The number of aliphatic hydroxyl groups excluding tert-OH is 1. The molecule has 1 aromatic rings. The first kappa shape index (κ1) is 13.3. The maximum absolute atomic E-state index is 12.4. The molecule has 0 aliphatic carbocycles. The van der Waals surface area contributed by atoms with Gasteiger partial charge in [-0.1, -0.05) is 0 Å². The van der Waals surface area contributed by atoms with E-state index in [1.807, 2.05) is 0 Å². The maximum atomic E-state index is 12.4. The molecular weight excluding hydrogens is 254 g/mol. The summed E-state index contributed by atoms with van der Waals surface area (Å²) in [6, 6.07) is 6.01. The van der Waals surface area contributed by atoms with Crippen LogP contribution in [-0.4, -0.2) is 44.1 Å². The van der Waals surface area contributed by atoms with Crippen LogP contribution in [0.15, 0.2) is 29.2 Å². The molecule has 1 N–H and O–H groups in total. The minimum atomic E-state index is -3.51. The van der Waals surface area contributed by atoms with Gasteiger partial charge in [0.05, 0.1) is 18.6 Å². The molecule has 2 rings (SSSR count). The van der Waals surface area contributed by atoms with Crippen molar-refractivity contribution in [3.05, 3.63) is 24.3 Å². The van der Waals surface area contributed by atoms with Gasteiger partial charge >= 0.3 is 0 Å². The summed E-state index contributed by atoms with van der Waals surface area (Å²) in [6.07, 6.45) is 1.51. The van der Waals surface area contributed by atoms with Gasteiger partial charge in [0.1, 0.15) is 5.75 Å². The summed E-state index contributed by atoms with van der Waals surface area (Å²) in [5.41, 5.74) is 0. The average Bonchev–Trinajstić information content (AvgIpc) is 2.88. The second-order valence-electron chi connectivity index (χ2n) is 4.27. The van der Waals surface area contributed by atoms with E-state index in [9.17, 15) is 13.5 Å². The van der Waals surface area contributed by atoms with Gasteiger partial charge in [0.15, 0.2) is 0 Å². The highest BCUT2D eigenvalue weighted by atomic mass is 32.2. The van der Waals surface area contributed by atoms with Crippen molar-refractivity contribution in [3.63, 3.8) is 0 Å². The monoisotopic (exact) mass is 271 g/mol. The third kappa shape index (κ3) is 2.36. The van der Waals surface area contributed by atoms with Gasteiger partial charge in [0.2, 0.25) is 10.0 Å². The second kappa shape index (κ2) is 5.26. The molecule has 0 amide bonds. The first-order chi connectivity index (χ1) is 8.59. The third-order valence-corrected chi connectivity index (χ3v) is 5.17. The van der Waals surface area contributed by atoms with Crippen molar-refractivity contribution in [2.24, 2.45) is 0 Å². The van der Waals surface area contributed by atoms with E-state index >= 15 is 0 Å². The van der Waals surface area contributed by atoms with Crippen molar-refractivity contribution in [1.82, 2.24) is 4.31 Å². The van der Waals surface area contributed by atoms with Crippen LogP contribution in [0.2, 0.25) is 0 Å². The molecular formula is C12H17NO4S. The average molecular weight is 271 g/mol. The molecule has 0 bridgehead atoms. The van der Waals surface area contributed by atoms with Crippen LogP contribution in [0.1, 0.15) is 12.8 Å².